The minimum atomic E-state index is -0.744. The summed E-state index contributed by atoms with van der Waals surface area (Å²) in [7, 11) is 0. The van der Waals surface area contributed by atoms with Crippen molar-refractivity contribution in [3.8, 4) is 35.3 Å². The monoisotopic (exact) mass is 416 g/mol. The van der Waals surface area contributed by atoms with E-state index in [1.165, 1.54) is 6.20 Å². The number of carbonyl (C=O) groups excluding carboxylic acids is 1. The van der Waals surface area contributed by atoms with Crippen molar-refractivity contribution in [1.29, 1.82) is 5.26 Å². The molecule has 1 amide bonds. The zero-order chi connectivity index (χ0) is 21.8. The van der Waals surface area contributed by atoms with Crippen LogP contribution >= 0.6 is 0 Å². The number of terminal acetylenes is 1. The summed E-state index contributed by atoms with van der Waals surface area (Å²) in [4.78, 5) is 15.5. The minimum Gasteiger partial charge on any atom is -0.489 e. The molecule has 0 bridgehead atoms. The first-order valence-corrected chi connectivity index (χ1v) is 9.73. The fourth-order valence-electron chi connectivity index (χ4n) is 3.06. The summed E-state index contributed by atoms with van der Waals surface area (Å²) in [5.41, 5.74) is 1.87. The van der Waals surface area contributed by atoms with Crippen LogP contribution in [0.25, 0.3) is 16.6 Å². The maximum absolute atomic E-state index is 11.0. The molecule has 9 nitrogen and oxygen atoms in total. The quantitative estimate of drug-likeness (QED) is 0.374. The summed E-state index contributed by atoms with van der Waals surface area (Å²) in [6.45, 7) is 1.05. The molecule has 1 saturated carbocycles. The predicted molar refractivity (Wildman–Crippen MR) is 113 cm³/mol. The molecule has 4 rings (SSSR count). The molecule has 0 saturated heterocycles. The molecule has 9 heteroatoms. The van der Waals surface area contributed by atoms with Gasteiger partial charge in [-0.05, 0) is 37.0 Å². The molecule has 31 heavy (non-hydrogen) atoms. The summed E-state index contributed by atoms with van der Waals surface area (Å²) in [5, 5.41) is 29.4. The number of aliphatic hydroxyl groups is 1. The van der Waals surface area contributed by atoms with Gasteiger partial charge in [-0.15, -0.1) is 6.42 Å². The molecule has 0 aromatic carbocycles. The highest BCUT2D eigenvalue weighted by Crippen LogP contribution is 2.36. The van der Waals surface area contributed by atoms with Gasteiger partial charge in [-0.3, -0.25) is 4.79 Å². The van der Waals surface area contributed by atoms with Crippen LogP contribution in [0.5, 0.6) is 5.75 Å². The third kappa shape index (κ3) is 4.58. The number of ether oxygens (including phenoxy) is 1. The van der Waals surface area contributed by atoms with Crippen LogP contribution in [-0.2, 0) is 4.79 Å². The molecule has 3 heterocycles. The molecule has 0 unspecified atom stereocenters. The molecule has 3 aromatic rings. The third-order valence-corrected chi connectivity index (χ3v) is 4.96. The Hall–Kier alpha value is -4.08. The number of amides is 1. The minimum absolute atomic E-state index is 0.210. The van der Waals surface area contributed by atoms with Crippen LogP contribution in [0.1, 0.15) is 18.4 Å². The molecule has 0 radical (unpaired) electrons. The van der Waals surface area contributed by atoms with E-state index in [9.17, 15) is 15.2 Å². The zero-order valence-electron chi connectivity index (χ0n) is 16.6. The number of hydrogen-bond acceptors (Lipinski definition) is 7. The largest absolute Gasteiger partial charge is 0.489 e. The normalized spacial score (nSPS) is 13.8. The second-order valence-electron chi connectivity index (χ2n) is 7.32. The molecule has 3 aromatic heterocycles. The molecule has 0 atom stereocenters. The van der Waals surface area contributed by atoms with Gasteiger partial charge in [-0.1, -0.05) is 0 Å². The van der Waals surface area contributed by atoms with E-state index in [1.54, 1.807) is 23.0 Å². The van der Waals surface area contributed by atoms with Gasteiger partial charge in [0.25, 0.3) is 5.91 Å². The number of nitrogens with zero attached hydrogens (tertiary/aromatic N) is 4. The van der Waals surface area contributed by atoms with Gasteiger partial charge in [-0.25, -0.2) is 9.50 Å². The first-order chi connectivity index (χ1) is 15.0. The lowest BCUT2D eigenvalue weighted by Crippen LogP contribution is -2.27. The van der Waals surface area contributed by atoms with Crippen LogP contribution < -0.4 is 15.4 Å². The fraction of sp³-hybridized carbons (Fsp3) is 0.273. The lowest BCUT2D eigenvalue weighted by Gasteiger charge is -2.13. The summed E-state index contributed by atoms with van der Waals surface area (Å²) >= 11 is 0. The smallest absolute Gasteiger partial charge is 0.295 e. The number of fused-ring (bicyclic) bond motifs is 1. The van der Waals surface area contributed by atoms with Crippen molar-refractivity contribution < 1.29 is 14.6 Å². The van der Waals surface area contributed by atoms with E-state index in [2.05, 4.69) is 26.8 Å². The maximum atomic E-state index is 11.0. The third-order valence-electron chi connectivity index (χ3n) is 4.96. The number of pyridine rings is 2. The Morgan fingerprint density at radius 3 is 2.87 bits per heavy atom. The second-order valence-corrected chi connectivity index (χ2v) is 7.32. The van der Waals surface area contributed by atoms with Crippen LogP contribution in [0.15, 0.2) is 36.8 Å². The van der Waals surface area contributed by atoms with Gasteiger partial charge in [0.05, 0.1) is 29.1 Å². The van der Waals surface area contributed by atoms with Gasteiger partial charge in [0.1, 0.15) is 24.2 Å². The number of hydrogen-bond donors (Lipinski definition) is 3. The molecule has 0 spiro atoms. The van der Waals surface area contributed by atoms with Crippen molar-refractivity contribution in [3.63, 3.8) is 0 Å². The van der Waals surface area contributed by atoms with E-state index in [1.807, 2.05) is 18.1 Å². The van der Waals surface area contributed by atoms with Crippen molar-refractivity contribution in [2.45, 2.75) is 18.4 Å². The molecular formula is C22H20N6O3. The lowest BCUT2D eigenvalue weighted by molar-refractivity contribution is -0.115. The highest BCUT2D eigenvalue weighted by Gasteiger charge is 2.41. The van der Waals surface area contributed by atoms with Crippen molar-refractivity contribution >= 4 is 17.2 Å². The number of rotatable bonds is 8. The molecule has 1 fully saturated rings. The first-order valence-electron chi connectivity index (χ1n) is 9.73. The number of nitrogens with one attached hydrogen (secondary N) is 2. The van der Waals surface area contributed by atoms with Crippen LogP contribution in [0.3, 0.4) is 0 Å². The Labute approximate surface area is 178 Å². The molecular weight excluding hydrogens is 396 g/mol. The van der Waals surface area contributed by atoms with E-state index in [0.29, 0.717) is 35.7 Å². The van der Waals surface area contributed by atoms with Gasteiger partial charge < -0.3 is 20.5 Å². The topological polar surface area (TPSA) is 125 Å². The Balaban J connectivity index is 1.55. The highest BCUT2D eigenvalue weighted by molar-refractivity contribution is 5.92. The Bertz CT molecular complexity index is 1200. The van der Waals surface area contributed by atoms with E-state index in [4.69, 9.17) is 11.2 Å². The average molecular weight is 416 g/mol. The van der Waals surface area contributed by atoms with E-state index in [0.717, 1.165) is 24.0 Å². The first kappa shape index (κ1) is 20.2. The summed E-state index contributed by atoms with van der Waals surface area (Å²) in [6, 6.07) is 7.66. The predicted octanol–water partition coefficient (Wildman–Crippen LogP) is 1.33. The Kier molecular flexibility index (Phi) is 5.44. The van der Waals surface area contributed by atoms with Crippen LogP contribution in [0.4, 0.5) is 5.82 Å². The summed E-state index contributed by atoms with van der Waals surface area (Å²) < 4.78 is 7.39. The lowest BCUT2D eigenvalue weighted by atomic mass is 10.1. The average Bonchev–Trinajstić information content (AvgIpc) is 3.39. The van der Waals surface area contributed by atoms with E-state index < -0.39 is 11.5 Å². The molecule has 0 aliphatic heterocycles. The number of aromatic nitrogens is 3. The summed E-state index contributed by atoms with van der Waals surface area (Å²) in [5.74, 6) is 2.70. The van der Waals surface area contributed by atoms with Crippen molar-refractivity contribution in [2.75, 3.05) is 25.0 Å². The number of anilines is 1. The van der Waals surface area contributed by atoms with E-state index >= 15 is 0 Å². The fourth-order valence-corrected chi connectivity index (χ4v) is 3.06. The van der Waals surface area contributed by atoms with Gasteiger partial charge in [-0.2, -0.15) is 10.4 Å². The molecule has 156 valence electrons. The number of carbonyl (C=O) groups is 1. The highest BCUT2D eigenvalue weighted by atomic mass is 16.5. The number of nitriles is 1. The van der Waals surface area contributed by atoms with Crippen LogP contribution in [0, 0.1) is 23.7 Å². The van der Waals surface area contributed by atoms with Gasteiger partial charge in [0.2, 0.25) is 0 Å². The van der Waals surface area contributed by atoms with Crippen LogP contribution in [0.2, 0.25) is 0 Å². The van der Waals surface area contributed by atoms with Crippen molar-refractivity contribution in [1.82, 2.24) is 19.9 Å². The molecule has 1 aliphatic carbocycles. The standard InChI is InChI=1S/C22H20N6O3/c1-2-20(29)25-8-7-24-19-4-3-15(11-26-19)18-9-17(31-14-22(30)5-6-22)13-28-21(18)16(10-23)12-27-28/h1,3-4,9,11-13,30H,5-8,14H2,(H,24,26)(H,25,29). The molecule has 3 N–H and O–H groups in total. The summed E-state index contributed by atoms with van der Waals surface area (Å²) in [6.07, 6.45) is 11.3. The maximum Gasteiger partial charge on any atom is 0.295 e. The van der Waals surface area contributed by atoms with Crippen molar-refractivity contribution in [2.24, 2.45) is 0 Å². The molecule has 1 aliphatic rings. The zero-order valence-corrected chi connectivity index (χ0v) is 16.6. The van der Waals surface area contributed by atoms with Gasteiger partial charge >= 0.3 is 0 Å². The Morgan fingerprint density at radius 2 is 2.19 bits per heavy atom. The Morgan fingerprint density at radius 1 is 1.35 bits per heavy atom. The van der Waals surface area contributed by atoms with Crippen molar-refractivity contribution in [3.05, 3.63) is 42.4 Å². The SMILES string of the molecule is C#CC(=O)NCCNc1ccc(-c2cc(OCC3(O)CC3)cn3ncc(C#N)c23)cn1. The van der Waals surface area contributed by atoms with Crippen LogP contribution in [-0.4, -0.2) is 50.9 Å². The van der Waals surface area contributed by atoms with Gasteiger partial charge in [0.15, 0.2) is 0 Å². The van der Waals surface area contributed by atoms with Gasteiger partial charge in [0, 0.05) is 30.4 Å². The second kappa shape index (κ2) is 8.34. The van der Waals surface area contributed by atoms with E-state index in [-0.39, 0.29) is 6.61 Å².